The number of thioether (sulfide) groups is 1. The van der Waals surface area contributed by atoms with Crippen LogP contribution in [-0.4, -0.2) is 190 Å². The third-order valence-corrected chi connectivity index (χ3v) is 20.6. The number of fused-ring (bicyclic) bond motifs is 1. The van der Waals surface area contributed by atoms with E-state index >= 15 is 0 Å². The van der Waals surface area contributed by atoms with Crippen molar-refractivity contribution in [3.63, 3.8) is 0 Å². The topological polar surface area (TPSA) is 230 Å². The molecule has 11 rings (SSSR count). The number of hydrogen-bond donors (Lipinski definition) is 3. The second-order valence-electron chi connectivity index (χ2n) is 24.5. The summed E-state index contributed by atoms with van der Waals surface area (Å²) in [6.45, 7) is 14.4. The Morgan fingerprint density at radius 1 is 0.840 bits per heavy atom. The van der Waals surface area contributed by atoms with Crippen molar-refractivity contribution in [1.29, 1.82) is 0 Å². The Morgan fingerprint density at radius 2 is 1.54 bits per heavy atom. The molecule has 25 heteroatoms. The Balaban J connectivity index is 0.00000174. The van der Waals surface area contributed by atoms with E-state index < -0.39 is 34.6 Å². The van der Waals surface area contributed by atoms with Crippen molar-refractivity contribution < 1.29 is 82.3 Å². The summed E-state index contributed by atoms with van der Waals surface area (Å²) in [6.07, 6.45) is 6.39. The van der Waals surface area contributed by atoms with Crippen molar-refractivity contribution in [3.8, 4) is 11.8 Å². The van der Waals surface area contributed by atoms with Gasteiger partial charge >= 0.3 is 0 Å². The van der Waals surface area contributed by atoms with E-state index in [9.17, 15) is 40.8 Å². The molecule has 0 spiro atoms. The number of benzene rings is 5. The summed E-state index contributed by atoms with van der Waals surface area (Å²) in [4.78, 5) is 66.0. The first-order valence-corrected chi connectivity index (χ1v) is 34.2. The molecule has 94 heavy (non-hydrogen) atoms. The predicted molar refractivity (Wildman–Crippen MR) is 357 cm³/mol. The number of hydrogen-bond acceptors (Lipinski definition) is 14. The van der Waals surface area contributed by atoms with Gasteiger partial charge in [-0.15, -0.1) is 17.8 Å². The summed E-state index contributed by atoms with van der Waals surface area (Å²) in [5, 5.41) is 6.70. The van der Waals surface area contributed by atoms with Gasteiger partial charge in [0.1, 0.15) is 6.04 Å². The molecular weight excluding hydrogens is 1300 g/mol. The van der Waals surface area contributed by atoms with Gasteiger partial charge in [0.2, 0.25) is 21.8 Å². The van der Waals surface area contributed by atoms with Crippen LogP contribution in [0.2, 0.25) is 5.02 Å². The molecule has 18 nitrogen and oxygen atoms in total. The number of amides is 4. The molecule has 6 aliphatic rings. The van der Waals surface area contributed by atoms with E-state index in [1.165, 1.54) is 33.7 Å². The maximum Gasteiger partial charge on any atom is 0.264 e. The predicted octanol–water partition coefficient (Wildman–Crippen LogP) is 8.22. The van der Waals surface area contributed by atoms with Crippen LogP contribution in [0.25, 0.3) is 5.57 Å². The van der Waals surface area contributed by atoms with Crippen molar-refractivity contribution in [1.82, 2.24) is 34.5 Å². The van der Waals surface area contributed by atoms with Crippen LogP contribution in [0.5, 0.6) is 0 Å². The molecule has 0 saturated carbocycles. The van der Waals surface area contributed by atoms with E-state index in [-0.39, 0.29) is 76.9 Å². The van der Waals surface area contributed by atoms with E-state index in [4.69, 9.17) is 16.3 Å². The maximum absolute atomic E-state index is 13.6. The molecular formula is C69H83ClF3N9O9S2Sc-2. The number of nitrogens with one attached hydrogen (secondary N) is 3. The number of nitrogens with zero attached hydrogens (tertiary/aromatic N) is 6. The molecule has 4 amide bonds. The van der Waals surface area contributed by atoms with E-state index in [2.05, 4.69) is 89.0 Å². The fourth-order valence-electron chi connectivity index (χ4n) is 13.0. The van der Waals surface area contributed by atoms with Crippen LogP contribution in [-0.2, 0) is 56.7 Å². The van der Waals surface area contributed by atoms with Gasteiger partial charge in [-0.25, -0.2) is 8.42 Å². The van der Waals surface area contributed by atoms with Gasteiger partial charge in [0.05, 0.1) is 6.61 Å². The quantitative estimate of drug-likeness (QED) is 0.0289. The molecule has 0 bridgehead atoms. The summed E-state index contributed by atoms with van der Waals surface area (Å²) >= 11 is 8.18. The fourth-order valence-corrected chi connectivity index (χ4v) is 15.1. The van der Waals surface area contributed by atoms with E-state index in [1.54, 1.807) is 34.9 Å². The van der Waals surface area contributed by atoms with Gasteiger partial charge in [0, 0.05) is 188 Å². The molecule has 1 aliphatic carbocycles. The number of carbonyl (C=O) groups excluding carboxylic acids is 4. The van der Waals surface area contributed by atoms with Gasteiger partial charge < -0.3 is 53.8 Å². The van der Waals surface area contributed by atoms with E-state index in [1.807, 2.05) is 60.7 Å². The molecule has 4 saturated heterocycles. The monoisotopic (exact) mass is 1380 g/mol. The van der Waals surface area contributed by atoms with Crippen molar-refractivity contribution in [2.75, 3.05) is 121 Å². The van der Waals surface area contributed by atoms with E-state index in [0.29, 0.717) is 24.2 Å². The van der Waals surface area contributed by atoms with Gasteiger partial charge in [-0.05, 0) is 132 Å². The molecule has 5 aromatic carbocycles. The van der Waals surface area contributed by atoms with Crippen LogP contribution in [0.1, 0.15) is 95.7 Å². The number of piperidine rings is 1. The Kier molecular flexibility index (Phi) is 28.8. The molecule has 3 atom stereocenters. The number of carbonyl (C=O) groups is 4. The summed E-state index contributed by atoms with van der Waals surface area (Å²) < 4.78 is 63.8. The molecule has 5 aliphatic heterocycles. The maximum atomic E-state index is 13.6. The van der Waals surface area contributed by atoms with Crippen LogP contribution in [0.3, 0.4) is 0 Å². The average Bonchev–Trinajstić information content (AvgIpc) is 1.48. The van der Waals surface area contributed by atoms with Crippen molar-refractivity contribution in [3.05, 3.63) is 166 Å². The zero-order chi connectivity index (χ0) is 63.9. The molecule has 5 aromatic rings. The van der Waals surface area contributed by atoms with Crippen molar-refractivity contribution in [2.24, 2.45) is 5.41 Å². The van der Waals surface area contributed by atoms with Crippen LogP contribution in [0, 0.1) is 30.0 Å². The molecule has 1 unspecified atom stereocenters. The third-order valence-electron chi connectivity index (χ3n) is 17.9. The van der Waals surface area contributed by atoms with Gasteiger partial charge in [0.25, 0.3) is 11.8 Å². The summed E-state index contributed by atoms with van der Waals surface area (Å²) in [5.41, 5.74) is 8.58. The van der Waals surface area contributed by atoms with Crippen LogP contribution in [0.15, 0.2) is 131 Å². The number of ether oxygens (including phenoxy) is 1. The third kappa shape index (κ3) is 21.3. The molecule has 1 radical (unpaired) electrons. The van der Waals surface area contributed by atoms with E-state index in [0.717, 1.165) is 171 Å². The summed E-state index contributed by atoms with van der Waals surface area (Å²) in [7, 11) is -4.17. The molecule has 7 N–H and O–H groups in total. The standard InChI is InChI=1S/C68H79ClN9O7S2.CF3.2H2O.Sc/c1-68(49-76-35-33-74(34-36-76)30-6-5-8-50-11-24-62-53(44-50)47-78(67(62)82)63-25-26-64(79)71-66(63)81)29-27-61(51-12-16-55(69)17-13-51)54(45-68)46-75-37-39-77(40-38-75)58-20-14-52(15-21-58)65(80)72-87(83,84)60-22-18-56(19-23-60)70-57(48-86-59-9-3-2-4-10-59)28-32-73-31-7-42-85-43-41-73;2-1(3)4;;;/h2-4,9-18,20-24,44,57,63,70H,6-7,25-43,45-49H2,1H3,(H,72,80)(H,71,79,81);;2*1H2;/q2*-1;;;/t57-,63?,68-;;;;/m1..../s1. The molecule has 0 aromatic heterocycles. The molecule has 5 heterocycles. The number of rotatable bonds is 20. The second kappa shape index (κ2) is 35.9. The zero-order valence-corrected chi connectivity index (χ0v) is 57.1. The SMILES string of the molecule is C[C@@]1(CN2CCN(CCC#Cc3ccc4c(c3)CN(C3CCC(=O)NC3=O)C4=O)CC2)CCC(c2ccc(Cl)cc2)=C(CN2CCN(c3ccc(C(=O)NS(=O)(=O)c4c[c-]c(N[C@H](CCN5CCCOCC5)CSc5ccccc5)cc4)cc3)CC2)C1.F[C-](F)F.O.O.[Sc]. The minimum absolute atomic E-state index is 0. The van der Waals surface area contributed by atoms with Gasteiger partial charge in [-0.1, -0.05) is 72.0 Å². The fraction of sp³-hybridized carbons (Fsp3) is 0.435. The Morgan fingerprint density at radius 3 is 2.24 bits per heavy atom. The minimum Gasteiger partial charge on any atom is -0.412 e. The van der Waals surface area contributed by atoms with Gasteiger partial charge in [-0.3, -0.25) is 39.0 Å². The number of anilines is 2. The first kappa shape index (κ1) is 75.4. The normalized spacial score (nSPS) is 20.2. The van der Waals surface area contributed by atoms with Crippen LogP contribution >= 0.6 is 23.4 Å². The van der Waals surface area contributed by atoms with Crippen LogP contribution in [0.4, 0.5) is 24.5 Å². The van der Waals surface area contributed by atoms with Crippen LogP contribution < -0.4 is 20.3 Å². The number of imide groups is 1. The first-order chi connectivity index (χ1) is 43.9. The Labute approximate surface area is 578 Å². The average molecular weight is 1380 g/mol. The summed E-state index contributed by atoms with van der Waals surface area (Å²) in [6, 6.07) is 38.8. The number of halogens is 4. The van der Waals surface area contributed by atoms with Gasteiger partial charge in [-0.2, -0.15) is 18.2 Å². The van der Waals surface area contributed by atoms with Crippen molar-refractivity contribution >= 4 is 74.0 Å². The van der Waals surface area contributed by atoms with Crippen molar-refractivity contribution in [2.45, 2.75) is 86.7 Å². The Hall–Kier alpha value is -5.95. The largest absolute Gasteiger partial charge is 0.412 e. The molecule has 4 fully saturated rings. The molecule has 503 valence electrons. The number of piperazine rings is 2. The first-order valence-electron chi connectivity index (χ1n) is 31.3. The zero-order valence-electron chi connectivity index (χ0n) is 53.0. The Bertz CT molecular complexity index is 3530. The van der Waals surface area contributed by atoms with Gasteiger partial charge in [0.15, 0.2) is 6.68 Å². The number of sulfonamides is 1. The smallest absolute Gasteiger partial charge is 0.264 e. The summed E-state index contributed by atoms with van der Waals surface area (Å²) in [5.74, 6) is 5.93. The second-order valence-corrected chi connectivity index (χ2v) is 27.7. The number of allylic oxidation sites excluding steroid dienone is 1. The minimum atomic E-state index is -4.17.